The number of hydrogen-bond donors (Lipinski definition) is 1. The second-order valence-electron chi connectivity index (χ2n) is 6.39. The second kappa shape index (κ2) is 6.79. The maximum atomic E-state index is 12.6. The molecule has 1 heterocycles. The van der Waals surface area contributed by atoms with Gasteiger partial charge in [0.2, 0.25) is 10.0 Å². The van der Waals surface area contributed by atoms with E-state index in [2.05, 4.69) is 26.1 Å². The zero-order valence-electron chi connectivity index (χ0n) is 13.2. The fraction of sp³-hybridized carbons (Fsp3) is 0.625. The lowest BCUT2D eigenvalue weighted by molar-refractivity contribution is 0.288. The number of rotatable bonds is 5. The van der Waals surface area contributed by atoms with Crippen LogP contribution in [0.15, 0.2) is 29.2 Å². The number of benzene rings is 1. The molecule has 1 aliphatic rings. The van der Waals surface area contributed by atoms with E-state index in [9.17, 15) is 8.42 Å². The van der Waals surface area contributed by atoms with Crippen molar-refractivity contribution in [2.24, 2.45) is 11.8 Å². The molecule has 1 aromatic rings. The molecule has 0 radical (unpaired) electrons. The highest BCUT2D eigenvalue weighted by Gasteiger charge is 2.27. The van der Waals surface area contributed by atoms with Crippen LogP contribution in [0.4, 0.5) is 5.69 Å². The molecule has 118 valence electrons. The molecule has 0 amide bonds. The molecule has 0 bridgehead atoms. The summed E-state index contributed by atoms with van der Waals surface area (Å²) in [5.41, 5.74) is 0.968. The summed E-state index contributed by atoms with van der Waals surface area (Å²) in [5, 5.41) is 3.30. The lowest BCUT2D eigenvalue weighted by Gasteiger charge is -2.29. The molecule has 1 aliphatic heterocycles. The van der Waals surface area contributed by atoms with E-state index in [4.69, 9.17) is 0 Å². The van der Waals surface area contributed by atoms with Gasteiger partial charge < -0.3 is 5.32 Å². The molecule has 1 saturated heterocycles. The number of nitrogens with one attached hydrogen (secondary N) is 1. The molecule has 0 unspecified atom stereocenters. The number of nitrogens with zero attached hydrogens (tertiary/aromatic N) is 1. The largest absolute Gasteiger partial charge is 0.385 e. The lowest BCUT2D eigenvalue weighted by Crippen LogP contribution is -2.37. The lowest BCUT2D eigenvalue weighted by atomic mass is 10.0. The van der Waals surface area contributed by atoms with Crippen LogP contribution in [0.5, 0.6) is 0 Å². The number of sulfonamides is 1. The molecule has 2 rings (SSSR count). The van der Waals surface area contributed by atoms with E-state index in [1.807, 2.05) is 12.1 Å². The van der Waals surface area contributed by atoms with Crippen molar-refractivity contribution in [3.8, 4) is 0 Å². The maximum Gasteiger partial charge on any atom is 0.243 e. The van der Waals surface area contributed by atoms with Crippen molar-refractivity contribution in [1.29, 1.82) is 0 Å². The van der Waals surface area contributed by atoms with E-state index < -0.39 is 10.0 Å². The summed E-state index contributed by atoms with van der Waals surface area (Å²) in [7, 11) is -3.33. The van der Waals surface area contributed by atoms with Gasteiger partial charge >= 0.3 is 0 Å². The van der Waals surface area contributed by atoms with Crippen molar-refractivity contribution in [2.45, 2.75) is 38.5 Å². The summed E-state index contributed by atoms with van der Waals surface area (Å²) >= 11 is 0. The second-order valence-corrected chi connectivity index (χ2v) is 8.32. The van der Waals surface area contributed by atoms with Crippen LogP contribution in [0.1, 0.15) is 33.6 Å². The number of anilines is 1. The monoisotopic (exact) mass is 310 g/mol. The van der Waals surface area contributed by atoms with Crippen molar-refractivity contribution in [3.63, 3.8) is 0 Å². The minimum absolute atomic E-state index is 0.396. The summed E-state index contributed by atoms with van der Waals surface area (Å²) in [6, 6.07) is 7.11. The molecule has 1 fully saturated rings. The van der Waals surface area contributed by atoms with Crippen LogP contribution in [0, 0.1) is 11.8 Å². The van der Waals surface area contributed by atoms with Gasteiger partial charge in [0.15, 0.2) is 0 Å². The van der Waals surface area contributed by atoms with Gasteiger partial charge in [-0.15, -0.1) is 0 Å². The Labute approximate surface area is 128 Å². The molecule has 0 saturated carbocycles. The molecule has 5 heteroatoms. The van der Waals surface area contributed by atoms with E-state index in [0.717, 1.165) is 25.1 Å². The highest BCUT2D eigenvalue weighted by Crippen LogP contribution is 2.24. The first-order valence-corrected chi connectivity index (χ1v) is 9.17. The van der Waals surface area contributed by atoms with Crippen LogP contribution in [0.2, 0.25) is 0 Å². The van der Waals surface area contributed by atoms with Gasteiger partial charge in [0, 0.05) is 25.3 Å². The van der Waals surface area contributed by atoms with Crippen LogP contribution in [-0.4, -0.2) is 32.4 Å². The number of hydrogen-bond acceptors (Lipinski definition) is 3. The van der Waals surface area contributed by atoms with Gasteiger partial charge in [-0.1, -0.05) is 20.8 Å². The maximum absolute atomic E-state index is 12.6. The third-order valence-electron chi connectivity index (χ3n) is 3.95. The van der Waals surface area contributed by atoms with Gasteiger partial charge in [0.1, 0.15) is 0 Å². The van der Waals surface area contributed by atoms with Gasteiger partial charge in [0.05, 0.1) is 4.90 Å². The molecule has 1 aromatic carbocycles. The van der Waals surface area contributed by atoms with Crippen molar-refractivity contribution >= 4 is 15.7 Å². The van der Waals surface area contributed by atoms with Crippen LogP contribution in [-0.2, 0) is 10.0 Å². The van der Waals surface area contributed by atoms with Gasteiger partial charge in [-0.05, 0) is 48.9 Å². The summed E-state index contributed by atoms with van der Waals surface area (Å²) in [5.74, 6) is 1.18. The van der Waals surface area contributed by atoms with E-state index in [0.29, 0.717) is 29.8 Å². The first-order chi connectivity index (χ1) is 9.89. The summed E-state index contributed by atoms with van der Waals surface area (Å²) in [6.45, 7) is 8.62. The third-order valence-corrected chi connectivity index (χ3v) is 5.86. The third kappa shape index (κ3) is 4.20. The van der Waals surface area contributed by atoms with Crippen LogP contribution < -0.4 is 5.32 Å². The minimum Gasteiger partial charge on any atom is -0.385 e. The summed E-state index contributed by atoms with van der Waals surface area (Å²) < 4.78 is 26.8. The molecule has 1 N–H and O–H groups in total. The molecule has 4 nitrogen and oxygen atoms in total. The molecule has 0 atom stereocenters. The van der Waals surface area contributed by atoms with E-state index in [1.165, 1.54) is 0 Å². The summed E-state index contributed by atoms with van der Waals surface area (Å²) in [6.07, 6.45) is 1.90. The first-order valence-electron chi connectivity index (χ1n) is 7.73. The smallest absolute Gasteiger partial charge is 0.243 e. The topological polar surface area (TPSA) is 49.4 Å². The van der Waals surface area contributed by atoms with E-state index >= 15 is 0 Å². The highest BCUT2D eigenvalue weighted by molar-refractivity contribution is 7.89. The quantitative estimate of drug-likeness (QED) is 0.909. The van der Waals surface area contributed by atoms with Crippen molar-refractivity contribution in [3.05, 3.63) is 24.3 Å². The Morgan fingerprint density at radius 1 is 1.19 bits per heavy atom. The van der Waals surface area contributed by atoms with E-state index in [1.54, 1.807) is 16.4 Å². The molecule has 0 aromatic heterocycles. The Balaban J connectivity index is 2.06. The molecular weight excluding hydrogens is 284 g/mol. The first kappa shape index (κ1) is 16.3. The summed E-state index contributed by atoms with van der Waals surface area (Å²) in [4.78, 5) is 0.396. The minimum atomic E-state index is -3.33. The zero-order valence-corrected chi connectivity index (χ0v) is 14.0. The molecule has 0 aliphatic carbocycles. The van der Waals surface area contributed by atoms with E-state index in [-0.39, 0.29) is 0 Å². The average molecular weight is 310 g/mol. The fourth-order valence-corrected chi connectivity index (χ4v) is 3.91. The Hall–Kier alpha value is -1.07. The Morgan fingerprint density at radius 2 is 1.76 bits per heavy atom. The fourth-order valence-electron chi connectivity index (χ4n) is 2.44. The van der Waals surface area contributed by atoms with Crippen LogP contribution in [0.3, 0.4) is 0 Å². The average Bonchev–Trinajstić information content (AvgIpc) is 2.46. The van der Waals surface area contributed by atoms with Crippen molar-refractivity contribution < 1.29 is 8.42 Å². The predicted octanol–water partition coefficient (Wildman–Crippen LogP) is 3.18. The predicted molar refractivity (Wildman–Crippen MR) is 86.9 cm³/mol. The van der Waals surface area contributed by atoms with Gasteiger partial charge in [-0.25, -0.2) is 8.42 Å². The number of piperidine rings is 1. The highest BCUT2D eigenvalue weighted by atomic mass is 32.2. The Morgan fingerprint density at radius 3 is 2.29 bits per heavy atom. The SMILES string of the molecule is CC(C)CNc1ccc(S(=O)(=O)N2CCC(C)CC2)cc1. The van der Waals surface area contributed by atoms with Crippen LogP contribution in [0.25, 0.3) is 0 Å². The standard InChI is InChI=1S/C16H26N2O2S/c1-13(2)12-17-15-4-6-16(7-5-15)21(19,20)18-10-8-14(3)9-11-18/h4-7,13-14,17H,8-12H2,1-3H3. The Bertz CT molecular complexity index is 544. The Kier molecular flexibility index (Phi) is 5.27. The molecular formula is C16H26N2O2S. The molecule has 0 spiro atoms. The van der Waals surface area contributed by atoms with Crippen molar-refractivity contribution in [1.82, 2.24) is 4.31 Å². The van der Waals surface area contributed by atoms with Crippen molar-refractivity contribution in [2.75, 3.05) is 25.0 Å². The zero-order chi connectivity index (χ0) is 15.5. The molecule has 21 heavy (non-hydrogen) atoms. The van der Waals surface area contributed by atoms with Gasteiger partial charge in [-0.2, -0.15) is 4.31 Å². The van der Waals surface area contributed by atoms with Crippen LogP contribution >= 0.6 is 0 Å². The van der Waals surface area contributed by atoms with Gasteiger partial charge in [-0.3, -0.25) is 0 Å². The van der Waals surface area contributed by atoms with Gasteiger partial charge in [0.25, 0.3) is 0 Å². The normalized spacial score (nSPS) is 18.1.